The number of likely N-dealkylation sites (N-methyl/N-ethyl adjacent to an activating group) is 1. The van der Waals surface area contributed by atoms with Crippen molar-refractivity contribution in [1.29, 1.82) is 0 Å². The Labute approximate surface area is 164 Å². The number of methoxy groups -OCH3 is 1. The number of benzene rings is 1. The fourth-order valence-electron chi connectivity index (χ4n) is 3.80. The standard InChI is InChI=1S/C22H36N2O3/c1-5-23(18(3)16-19-6-8-21(27-4)9-7-19)13-10-17(2)22(26)24-14-11-20(25)12-15-24/h6-9,17-18,20,25H,5,10-16H2,1-4H3. The minimum atomic E-state index is -0.237. The Morgan fingerprint density at radius 2 is 1.89 bits per heavy atom. The van der Waals surface area contributed by atoms with E-state index in [1.54, 1.807) is 7.11 Å². The van der Waals surface area contributed by atoms with Gasteiger partial charge in [-0.3, -0.25) is 4.79 Å². The van der Waals surface area contributed by atoms with Crippen LogP contribution in [0.15, 0.2) is 24.3 Å². The summed E-state index contributed by atoms with van der Waals surface area (Å²) in [6.07, 6.45) is 3.04. The largest absolute Gasteiger partial charge is 0.497 e. The second-order valence-electron chi connectivity index (χ2n) is 7.78. The summed E-state index contributed by atoms with van der Waals surface area (Å²) in [7, 11) is 1.69. The third kappa shape index (κ3) is 6.51. The SMILES string of the molecule is CCN(CCC(C)C(=O)N1CCC(O)CC1)C(C)Cc1ccc(OC)cc1. The highest BCUT2D eigenvalue weighted by molar-refractivity contribution is 5.78. The lowest BCUT2D eigenvalue weighted by Gasteiger charge is -2.33. The Bertz CT molecular complexity index is 567. The Hall–Kier alpha value is -1.59. The van der Waals surface area contributed by atoms with Gasteiger partial charge in [-0.15, -0.1) is 0 Å². The van der Waals surface area contributed by atoms with E-state index in [9.17, 15) is 9.90 Å². The fourth-order valence-corrected chi connectivity index (χ4v) is 3.80. The number of carbonyl (C=O) groups is 1. The predicted molar refractivity (Wildman–Crippen MR) is 109 cm³/mol. The molecule has 1 saturated heterocycles. The zero-order valence-corrected chi connectivity index (χ0v) is 17.4. The van der Waals surface area contributed by atoms with Gasteiger partial charge >= 0.3 is 0 Å². The molecule has 2 rings (SSSR count). The van der Waals surface area contributed by atoms with Crippen LogP contribution in [0.1, 0.15) is 45.6 Å². The van der Waals surface area contributed by atoms with Gasteiger partial charge in [-0.05, 0) is 63.4 Å². The molecule has 0 radical (unpaired) electrons. The molecule has 1 aromatic carbocycles. The maximum atomic E-state index is 12.6. The Kier molecular flexibility index (Phi) is 8.58. The van der Waals surface area contributed by atoms with Gasteiger partial charge in [0.2, 0.25) is 5.91 Å². The van der Waals surface area contributed by atoms with Gasteiger partial charge in [-0.25, -0.2) is 0 Å². The lowest BCUT2D eigenvalue weighted by Crippen LogP contribution is -2.43. The van der Waals surface area contributed by atoms with E-state index in [1.807, 2.05) is 24.0 Å². The minimum Gasteiger partial charge on any atom is -0.497 e. The summed E-state index contributed by atoms with van der Waals surface area (Å²) in [6, 6.07) is 8.69. The molecule has 27 heavy (non-hydrogen) atoms. The van der Waals surface area contributed by atoms with Crippen molar-refractivity contribution in [1.82, 2.24) is 9.80 Å². The fraction of sp³-hybridized carbons (Fsp3) is 0.682. The molecule has 1 fully saturated rings. The maximum Gasteiger partial charge on any atom is 0.225 e. The van der Waals surface area contributed by atoms with Crippen molar-refractivity contribution in [2.45, 2.75) is 58.6 Å². The highest BCUT2D eigenvalue weighted by Crippen LogP contribution is 2.18. The Morgan fingerprint density at radius 1 is 1.26 bits per heavy atom. The molecule has 0 bridgehead atoms. The molecule has 2 atom stereocenters. The van der Waals surface area contributed by atoms with Crippen LogP contribution in [0.2, 0.25) is 0 Å². The van der Waals surface area contributed by atoms with Gasteiger partial charge in [0.1, 0.15) is 5.75 Å². The van der Waals surface area contributed by atoms with E-state index >= 15 is 0 Å². The van der Waals surface area contributed by atoms with E-state index in [2.05, 4.69) is 30.9 Å². The van der Waals surface area contributed by atoms with E-state index in [0.717, 1.165) is 31.7 Å². The molecule has 2 unspecified atom stereocenters. The zero-order chi connectivity index (χ0) is 19.8. The molecule has 1 aliphatic rings. The second kappa shape index (κ2) is 10.7. The topological polar surface area (TPSA) is 53.0 Å². The molecular formula is C22H36N2O3. The summed E-state index contributed by atoms with van der Waals surface area (Å²) in [5.74, 6) is 1.15. The first-order valence-corrected chi connectivity index (χ1v) is 10.3. The first kappa shape index (κ1) is 21.7. The van der Waals surface area contributed by atoms with Crippen molar-refractivity contribution in [2.24, 2.45) is 5.92 Å². The number of aliphatic hydroxyl groups excluding tert-OH is 1. The van der Waals surface area contributed by atoms with Gasteiger partial charge in [0.15, 0.2) is 0 Å². The molecule has 0 aliphatic carbocycles. The van der Waals surface area contributed by atoms with Crippen LogP contribution in [0.25, 0.3) is 0 Å². The van der Waals surface area contributed by atoms with E-state index in [4.69, 9.17) is 4.74 Å². The first-order valence-electron chi connectivity index (χ1n) is 10.3. The number of likely N-dealkylation sites (tertiary alicyclic amines) is 1. The highest BCUT2D eigenvalue weighted by Gasteiger charge is 2.25. The van der Waals surface area contributed by atoms with Crippen molar-refractivity contribution >= 4 is 5.91 Å². The van der Waals surface area contributed by atoms with E-state index in [1.165, 1.54) is 5.56 Å². The summed E-state index contributed by atoms with van der Waals surface area (Å²) in [5, 5.41) is 9.62. The van der Waals surface area contributed by atoms with E-state index < -0.39 is 0 Å². The second-order valence-corrected chi connectivity index (χ2v) is 7.78. The number of piperidine rings is 1. The quantitative estimate of drug-likeness (QED) is 0.720. The third-order valence-electron chi connectivity index (χ3n) is 5.77. The lowest BCUT2D eigenvalue weighted by molar-refractivity contribution is -0.137. The average molecular weight is 377 g/mol. The Balaban J connectivity index is 1.81. The minimum absolute atomic E-state index is 0.0301. The highest BCUT2D eigenvalue weighted by atomic mass is 16.5. The monoisotopic (exact) mass is 376 g/mol. The van der Waals surface area contributed by atoms with Gasteiger partial charge in [-0.1, -0.05) is 26.0 Å². The van der Waals surface area contributed by atoms with Gasteiger partial charge in [0, 0.05) is 25.0 Å². The summed E-state index contributed by atoms with van der Waals surface area (Å²) in [6.45, 7) is 9.77. The van der Waals surface area contributed by atoms with Crippen LogP contribution in [0.4, 0.5) is 0 Å². The van der Waals surface area contributed by atoms with Crippen LogP contribution in [0.3, 0.4) is 0 Å². The predicted octanol–water partition coefficient (Wildman–Crippen LogP) is 2.96. The molecule has 1 aliphatic heterocycles. The maximum absolute atomic E-state index is 12.6. The lowest BCUT2D eigenvalue weighted by atomic mass is 10.0. The molecule has 152 valence electrons. The summed E-state index contributed by atoms with van der Waals surface area (Å²) in [4.78, 5) is 17.0. The van der Waals surface area contributed by atoms with Crippen molar-refractivity contribution in [3.05, 3.63) is 29.8 Å². The molecule has 5 nitrogen and oxygen atoms in total. The molecule has 0 spiro atoms. The molecular weight excluding hydrogens is 340 g/mol. The van der Waals surface area contributed by atoms with Crippen molar-refractivity contribution in [2.75, 3.05) is 33.3 Å². The van der Waals surface area contributed by atoms with Crippen LogP contribution in [0, 0.1) is 5.92 Å². The molecule has 0 aromatic heterocycles. The number of ether oxygens (including phenoxy) is 1. The smallest absolute Gasteiger partial charge is 0.225 e. The van der Waals surface area contributed by atoms with Gasteiger partial charge in [-0.2, -0.15) is 0 Å². The van der Waals surface area contributed by atoms with E-state index in [-0.39, 0.29) is 17.9 Å². The molecule has 1 amide bonds. The van der Waals surface area contributed by atoms with Crippen LogP contribution in [-0.4, -0.2) is 66.2 Å². The number of hydrogen-bond acceptors (Lipinski definition) is 4. The number of hydrogen-bond donors (Lipinski definition) is 1. The van der Waals surface area contributed by atoms with Crippen molar-refractivity contribution in [3.8, 4) is 5.75 Å². The number of nitrogens with zero attached hydrogens (tertiary/aromatic N) is 2. The van der Waals surface area contributed by atoms with Crippen LogP contribution in [0.5, 0.6) is 5.75 Å². The number of carbonyl (C=O) groups excluding carboxylic acids is 1. The van der Waals surface area contributed by atoms with Gasteiger partial charge in [0.25, 0.3) is 0 Å². The summed E-state index contributed by atoms with van der Waals surface area (Å²) >= 11 is 0. The molecule has 5 heteroatoms. The number of rotatable bonds is 9. The van der Waals surface area contributed by atoms with E-state index in [0.29, 0.717) is 32.0 Å². The molecule has 1 N–H and O–H groups in total. The number of aliphatic hydroxyl groups is 1. The molecule has 1 heterocycles. The first-order chi connectivity index (χ1) is 12.9. The van der Waals surface area contributed by atoms with Gasteiger partial charge in [0.05, 0.1) is 13.2 Å². The normalized spacial score (nSPS) is 17.8. The number of amides is 1. The zero-order valence-electron chi connectivity index (χ0n) is 17.4. The third-order valence-corrected chi connectivity index (χ3v) is 5.77. The summed E-state index contributed by atoms with van der Waals surface area (Å²) in [5.41, 5.74) is 1.30. The Morgan fingerprint density at radius 3 is 2.44 bits per heavy atom. The average Bonchev–Trinajstić information content (AvgIpc) is 2.69. The molecule has 0 saturated carbocycles. The van der Waals surface area contributed by atoms with Crippen molar-refractivity contribution < 1.29 is 14.6 Å². The van der Waals surface area contributed by atoms with Crippen LogP contribution in [-0.2, 0) is 11.2 Å². The van der Waals surface area contributed by atoms with Crippen LogP contribution >= 0.6 is 0 Å². The molecule has 1 aromatic rings. The van der Waals surface area contributed by atoms with Crippen molar-refractivity contribution in [3.63, 3.8) is 0 Å². The van der Waals surface area contributed by atoms with Crippen LogP contribution < -0.4 is 4.74 Å². The van der Waals surface area contributed by atoms with Gasteiger partial charge < -0.3 is 19.6 Å². The summed E-state index contributed by atoms with van der Waals surface area (Å²) < 4.78 is 5.23.